The number of nitrogens with zero attached hydrogens (tertiary/aromatic N) is 4. The van der Waals surface area contributed by atoms with Crippen molar-refractivity contribution in [3.05, 3.63) is 53.2 Å². The lowest BCUT2D eigenvalue weighted by molar-refractivity contribution is 0.0880. The Morgan fingerprint density at radius 1 is 1.21 bits per heavy atom. The van der Waals surface area contributed by atoms with E-state index in [-0.39, 0.29) is 24.1 Å². The Kier molecular flexibility index (Phi) is 6.50. The second kappa shape index (κ2) is 9.22. The van der Waals surface area contributed by atoms with Crippen LogP contribution in [0.1, 0.15) is 35.3 Å². The molecular formula is C23H30N6O4S. The van der Waals surface area contributed by atoms with Crippen LogP contribution in [-0.2, 0) is 15.8 Å². The Balaban J connectivity index is 1.43. The van der Waals surface area contributed by atoms with Gasteiger partial charge in [-0.1, -0.05) is 12.1 Å². The Morgan fingerprint density at radius 2 is 1.94 bits per heavy atom. The predicted octanol–water partition coefficient (Wildman–Crippen LogP) is 0.970. The highest BCUT2D eigenvalue weighted by molar-refractivity contribution is 7.89. The third-order valence-corrected chi connectivity index (χ3v) is 6.97. The van der Waals surface area contributed by atoms with Crippen LogP contribution >= 0.6 is 0 Å². The fourth-order valence-corrected chi connectivity index (χ4v) is 5.06. The highest BCUT2D eigenvalue weighted by Crippen LogP contribution is 2.28. The van der Waals surface area contributed by atoms with Gasteiger partial charge in [0.2, 0.25) is 0 Å². The maximum Gasteiger partial charge on any atom is 0.259 e. The second-order valence-corrected chi connectivity index (χ2v) is 10.9. The van der Waals surface area contributed by atoms with Crippen molar-refractivity contribution in [3.8, 4) is 5.75 Å². The Bertz CT molecular complexity index is 1220. The lowest BCUT2D eigenvalue weighted by Crippen LogP contribution is -2.48. The molecule has 11 heteroatoms. The summed E-state index contributed by atoms with van der Waals surface area (Å²) in [6.07, 6.45) is 1.65. The minimum Gasteiger partial charge on any atom is -0.490 e. The molecule has 2 aliphatic heterocycles. The van der Waals surface area contributed by atoms with Gasteiger partial charge in [0.15, 0.2) is 0 Å². The van der Waals surface area contributed by atoms with Crippen LogP contribution in [0.25, 0.3) is 0 Å². The van der Waals surface area contributed by atoms with Gasteiger partial charge in [0, 0.05) is 37.9 Å². The highest BCUT2D eigenvalue weighted by Gasteiger charge is 2.28. The van der Waals surface area contributed by atoms with Crippen molar-refractivity contribution in [1.29, 1.82) is 0 Å². The van der Waals surface area contributed by atoms with Crippen molar-refractivity contribution in [1.82, 2.24) is 15.2 Å². The number of anilines is 1. The number of ether oxygens (including phenoxy) is 1. The summed E-state index contributed by atoms with van der Waals surface area (Å²) >= 11 is 0. The number of fused-ring (bicyclic) bond motifs is 1. The van der Waals surface area contributed by atoms with Crippen LogP contribution in [0.3, 0.4) is 0 Å². The number of hydrogen-bond donors (Lipinski definition) is 2. The summed E-state index contributed by atoms with van der Waals surface area (Å²) in [5.41, 5.74) is 6.73. The van der Waals surface area contributed by atoms with E-state index >= 15 is 0 Å². The van der Waals surface area contributed by atoms with Gasteiger partial charge in [0.25, 0.3) is 15.9 Å². The number of piperazine rings is 1. The molecule has 0 bridgehead atoms. The van der Waals surface area contributed by atoms with Crippen molar-refractivity contribution < 1.29 is 17.9 Å². The number of amides is 1. The molecule has 10 nitrogen and oxygen atoms in total. The molecule has 0 unspecified atom stereocenters. The van der Waals surface area contributed by atoms with Crippen LogP contribution in [0.2, 0.25) is 0 Å². The Morgan fingerprint density at radius 3 is 2.68 bits per heavy atom. The van der Waals surface area contributed by atoms with E-state index in [9.17, 15) is 13.2 Å². The number of hydrogen-bond acceptors (Lipinski definition) is 8. The third-order valence-electron chi connectivity index (χ3n) is 5.82. The molecule has 2 aliphatic rings. The van der Waals surface area contributed by atoms with Crippen molar-refractivity contribution in [3.63, 3.8) is 0 Å². The van der Waals surface area contributed by atoms with Crippen molar-refractivity contribution in [2.24, 2.45) is 10.1 Å². The maximum atomic E-state index is 13.0. The molecule has 1 aromatic heterocycles. The predicted molar refractivity (Wildman–Crippen MR) is 131 cm³/mol. The monoisotopic (exact) mass is 486 g/mol. The van der Waals surface area contributed by atoms with Crippen LogP contribution in [0.5, 0.6) is 5.75 Å². The summed E-state index contributed by atoms with van der Waals surface area (Å²) in [5, 5.41) is 3.01. The zero-order valence-electron chi connectivity index (χ0n) is 19.6. The topological polar surface area (TPSA) is 130 Å². The minimum atomic E-state index is -3.63. The van der Waals surface area contributed by atoms with Gasteiger partial charge in [0.05, 0.1) is 16.9 Å². The molecule has 0 spiro atoms. The number of benzene rings is 1. The van der Waals surface area contributed by atoms with E-state index in [2.05, 4.69) is 31.5 Å². The molecule has 1 aromatic carbocycles. The lowest BCUT2D eigenvalue weighted by atomic mass is 10.0. The van der Waals surface area contributed by atoms with Gasteiger partial charge in [-0.05, 0) is 44.7 Å². The van der Waals surface area contributed by atoms with Crippen LogP contribution in [0.15, 0.2) is 40.9 Å². The normalized spacial score (nSPS) is 18.1. The first-order chi connectivity index (χ1) is 16.0. The second-order valence-electron chi connectivity index (χ2n) is 9.31. The van der Waals surface area contributed by atoms with Crippen LogP contribution in [0, 0.1) is 0 Å². The van der Waals surface area contributed by atoms with E-state index in [1.807, 2.05) is 19.9 Å². The molecule has 1 saturated heterocycles. The molecule has 0 saturated carbocycles. The number of nitrogens with two attached hydrogens (primary N) is 1. The molecule has 3 heterocycles. The van der Waals surface area contributed by atoms with Gasteiger partial charge in [-0.15, -0.1) is 4.40 Å². The fourth-order valence-electron chi connectivity index (χ4n) is 3.97. The number of aromatic nitrogens is 1. The van der Waals surface area contributed by atoms with E-state index < -0.39 is 15.6 Å². The SMILES string of the molecule is CN1CCN(c2cc(C(=O)NC(C)(C)COc3cccc4c3C(N)=NS(=O)(=O)C4)ccn2)CC1. The Labute approximate surface area is 199 Å². The summed E-state index contributed by atoms with van der Waals surface area (Å²) in [7, 11) is -1.54. The molecule has 1 amide bonds. The average molecular weight is 487 g/mol. The van der Waals surface area contributed by atoms with E-state index in [0.29, 0.717) is 22.4 Å². The van der Waals surface area contributed by atoms with Crippen LogP contribution in [0.4, 0.5) is 5.82 Å². The average Bonchev–Trinajstić information content (AvgIpc) is 2.77. The van der Waals surface area contributed by atoms with Gasteiger partial charge >= 0.3 is 0 Å². The van der Waals surface area contributed by atoms with Gasteiger partial charge in [-0.25, -0.2) is 13.4 Å². The molecule has 34 heavy (non-hydrogen) atoms. The number of carbonyl (C=O) groups is 1. The standard InChI is InChI=1S/C23H30N6O4S/c1-23(2,15-33-18-6-4-5-17-14-34(31,32)27-21(24)20(17)18)26-22(30)16-7-8-25-19(13-16)29-11-9-28(3)10-12-29/h4-8,13H,9-12,14-15H2,1-3H3,(H2,24,27)(H,26,30). The smallest absolute Gasteiger partial charge is 0.259 e. The van der Waals surface area contributed by atoms with Gasteiger partial charge < -0.3 is 25.6 Å². The lowest BCUT2D eigenvalue weighted by Gasteiger charge is -2.33. The number of amidine groups is 1. The Hall–Kier alpha value is -3.18. The number of rotatable bonds is 6. The number of carbonyl (C=O) groups excluding carboxylic acids is 1. The van der Waals surface area contributed by atoms with Gasteiger partial charge in [-0.3, -0.25) is 4.79 Å². The van der Waals surface area contributed by atoms with E-state index in [1.165, 1.54) is 0 Å². The zero-order valence-corrected chi connectivity index (χ0v) is 20.4. The van der Waals surface area contributed by atoms with Crippen LogP contribution in [-0.4, -0.2) is 75.4 Å². The molecule has 1 fully saturated rings. The number of likely N-dealkylation sites (N-methyl/N-ethyl adjacent to an activating group) is 1. The molecule has 2 aromatic rings. The third kappa shape index (κ3) is 5.48. The molecule has 4 rings (SSSR count). The van der Waals surface area contributed by atoms with E-state index in [0.717, 1.165) is 32.0 Å². The van der Waals surface area contributed by atoms with Crippen molar-refractivity contribution >= 4 is 27.6 Å². The maximum absolute atomic E-state index is 13.0. The summed E-state index contributed by atoms with van der Waals surface area (Å²) in [4.78, 5) is 21.9. The first-order valence-corrected chi connectivity index (χ1v) is 12.7. The largest absolute Gasteiger partial charge is 0.490 e. The van der Waals surface area contributed by atoms with Crippen molar-refractivity contribution in [2.75, 3.05) is 44.7 Å². The zero-order chi connectivity index (χ0) is 24.5. The number of pyridine rings is 1. The van der Waals surface area contributed by atoms with Crippen LogP contribution < -0.4 is 20.7 Å². The quantitative estimate of drug-likeness (QED) is 0.618. The first kappa shape index (κ1) is 24.0. The van der Waals surface area contributed by atoms with E-state index in [4.69, 9.17) is 10.5 Å². The molecular weight excluding hydrogens is 456 g/mol. The summed E-state index contributed by atoms with van der Waals surface area (Å²) in [6.45, 7) is 7.48. The molecule has 3 N–H and O–H groups in total. The molecule has 0 radical (unpaired) electrons. The first-order valence-electron chi connectivity index (χ1n) is 11.1. The molecule has 0 atom stereocenters. The molecule has 182 valence electrons. The fraction of sp³-hybridized carbons (Fsp3) is 0.435. The summed E-state index contributed by atoms with van der Waals surface area (Å²) in [6, 6.07) is 8.61. The summed E-state index contributed by atoms with van der Waals surface area (Å²) < 4.78 is 33.3. The molecule has 0 aliphatic carbocycles. The van der Waals surface area contributed by atoms with Crippen molar-refractivity contribution in [2.45, 2.75) is 25.1 Å². The number of nitrogens with one attached hydrogen (secondary N) is 1. The van der Waals surface area contributed by atoms with Gasteiger partial charge in [-0.2, -0.15) is 0 Å². The van der Waals surface area contributed by atoms with E-state index in [1.54, 1.807) is 30.5 Å². The highest BCUT2D eigenvalue weighted by atomic mass is 32.2. The summed E-state index contributed by atoms with van der Waals surface area (Å²) in [5.74, 6) is 0.672. The minimum absolute atomic E-state index is 0.0908. The van der Waals surface area contributed by atoms with Gasteiger partial charge in [0.1, 0.15) is 24.0 Å². The number of sulfonamides is 1.